The predicted molar refractivity (Wildman–Crippen MR) is 324 cm³/mol. The first-order chi connectivity index (χ1) is 42.5. The second-order valence-electron chi connectivity index (χ2n) is 22.1. The SMILES string of the molecule is CCCCC1(CC)CS(=O)(=O)c2ccc(N(C)C)cc2C(c2cccc(NC(=O)CCOCCOCCOCCOCCOCCC(=O)NCc3ccc(C4C(CCC(O)c5ccc(F)cc5)C(=O)N4c4ccc(F)cc4)cc3)c2)C1O.O=C(O)C(F)(F)F. The van der Waals surface area contributed by atoms with Crippen molar-refractivity contribution < 1.29 is 88.6 Å². The summed E-state index contributed by atoms with van der Waals surface area (Å²) in [6, 6.07) is 31.3. The van der Waals surface area contributed by atoms with Gasteiger partial charge in [0.25, 0.3) is 0 Å². The molecular weight excluding hydrogens is 1190 g/mol. The van der Waals surface area contributed by atoms with Crippen LogP contribution in [0.3, 0.4) is 0 Å². The molecule has 24 heteroatoms. The average molecular weight is 1270 g/mol. The van der Waals surface area contributed by atoms with Gasteiger partial charge in [0.2, 0.25) is 17.7 Å². The Morgan fingerprint density at radius 3 is 1.83 bits per heavy atom. The van der Waals surface area contributed by atoms with E-state index in [-0.39, 0.29) is 60.5 Å². The summed E-state index contributed by atoms with van der Waals surface area (Å²) < 4.78 is 115. The Balaban J connectivity index is 0.00000170. The quantitative estimate of drug-likeness (QED) is 0.0149. The number of carboxylic acid groups (broad SMARTS) is 1. The molecular formula is C65H81F5N4O14S. The molecule has 5 aromatic carbocycles. The fourth-order valence-electron chi connectivity index (χ4n) is 10.8. The summed E-state index contributed by atoms with van der Waals surface area (Å²) in [7, 11) is 0.0550. The molecule has 3 amide bonds. The molecule has 5 N–H and O–H groups in total. The molecule has 1 saturated heterocycles. The molecule has 0 bridgehead atoms. The lowest BCUT2D eigenvalue weighted by Crippen LogP contribution is -2.55. The van der Waals surface area contributed by atoms with E-state index in [1.807, 2.05) is 74.4 Å². The molecule has 0 saturated carbocycles. The maximum atomic E-state index is 14.0. The van der Waals surface area contributed by atoms with E-state index in [4.69, 9.17) is 33.6 Å². The molecule has 2 aliphatic heterocycles. The Hall–Kier alpha value is -6.90. The van der Waals surface area contributed by atoms with Crippen LogP contribution in [0.15, 0.2) is 120 Å². The van der Waals surface area contributed by atoms with Gasteiger partial charge in [0.1, 0.15) is 11.6 Å². The van der Waals surface area contributed by atoms with Crippen LogP contribution in [-0.4, -0.2) is 146 Å². The van der Waals surface area contributed by atoms with Gasteiger partial charge in [0.15, 0.2) is 9.84 Å². The number of hydrogen-bond acceptors (Lipinski definition) is 14. The van der Waals surface area contributed by atoms with Gasteiger partial charge in [-0.1, -0.05) is 75.2 Å². The highest BCUT2D eigenvalue weighted by molar-refractivity contribution is 7.91. The number of β-lactam (4-membered cyclic amide) rings is 1. The second kappa shape index (κ2) is 34.3. The Kier molecular flexibility index (Phi) is 27.5. The van der Waals surface area contributed by atoms with Crippen molar-refractivity contribution in [3.05, 3.63) is 155 Å². The Morgan fingerprint density at radius 2 is 1.29 bits per heavy atom. The number of unbranched alkanes of at least 4 members (excludes halogenated alkanes) is 1. The fourth-order valence-corrected chi connectivity index (χ4v) is 13.0. The first-order valence-corrected chi connectivity index (χ1v) is 31.3. The number of aliphatic carboxylic acids is 1. The normalized spacial score (nSPS) is 19.0. The van der Waals surface area contributed by atoms with Gasteiger partial charge in [-0.2, -0.15) is 13.2 Å². The number of carbonyl (C=O) groups is 4. The average Bonchev–Trinajstić information content (AvgIpc) is 1.78. The minimum atomic E-state index is -5.08. The number of halogens is 5. The topological polar surface area (TPSA) is 240 Å². The van der Waals surface area contributed by atoms with Crippen molar-refractivity contribution in [2.75, 3.05) is 101 Å². The van der Waals surface area contributed by atoms with Crippen LogP contribution in [0, 0.1) is 23.0 Å². The maximum absolute atomic E-state index is 14.0. The van der Waals surface area contributed by atoms with E-state index < -0.39 is 63.1 Å². The van der Waals surface area contributed by atoms with E-state index in [1.165, 1.54) is 36.4 Å². The molecule has 89 heavy (non-hydrogen) atoms. The van der Waals surface area contributed by atoms with Crippen molar-refractivity contribution in [1.29, 1.82) is 0 Å². The van der Waals surface area contributed by atoms with Crippen molar-refractivity contribution in [1.82, 2.24) is 5.32 Å². The third-order valence-electron chi connectivity index (χ3n) is 15.7. The fraction of sp³-hybridized carbons (Fsp3) is 0.477. The molecule has 0 aromatic heterocycles. The molecule has 6 atom stereocenters. The zero-order valence-electron chi connectivity index (χ0n) is 50.5. The Labute approximate surface area is 516 Å². The molecule has 486 valence electrons. The van der Waals surface area contributed by atoms with Crippen LogP contribution in [-0.2, 0) is 59.2 Å². The molecule has 18 nitrogen and oxygen atoms in total. The number of carbonyl (C=O) groups excluding carboxylic acids is 3. The van der Waals surface area contributed by atoms with Crippen molar-refractivity contribution >= 4 is 50.6 Å². The Bertz CT molecular complexity index is 3180. The lowest BCUT2D eigenvalue weighted by Gasteiger charge is -2.48. The number of ether oxygens (including phenoxy) is 5. The molecule has 0 radical (unpaired) electrons. The largest absolute Gasteiger partial charge is 0.490 e. The number of carboxylic acids is 1. The summed E-state index contributed by atoms with van der Waals surface area (Å²) >= 11 is 0. The summed E-state index contributed by atoms with van der Waals surface area (Å²) in [6.45, 7) is 7.41. The van der Waals surface area contributed by atoms with Crippen LogP contribution in [0.5, 0.6) is 0 Å². The highest BCUT2D eigenvalue weighted by Gasteiger charge is 2.50. The molecule has 7 rings (SSSR count). The lowest BCUT2D eigenvalue weighted by molar-refractivity contribution is -0.192. The lowest BCUT2D eigenvalue weighted by atomic mass is 9.69. The van der Waals surface area contributed by atoms with Crippen molar-refractivity contribution in [2.45, 2.75) is 107 Å². The van der Waals surface area contributed by atoms with E-state index in [0.717, 1.165) is 35.2 Å². The molecule has 6 unspecified atom stereocenters. The smallest absolute Gasteiger partial charge is 0.475 e. The molecule has 0 aliphatic carbocycles. The number of sulfone groups is 1. The zero-order valence-corrected chi connectivity index (χ0v) is 51.3. The number of aliphatic hydroxyl groups is 2. The summed E-state index contributed by atoms with van der Waals surface area (Å²) in [5.41, 5.74) is 4.64. The number of amides is 3. The van der Waals surface area contributed by atoms with Crippen LogP contribution in [0.25, 0.3) is 0 Å². The third kappa shape index (κ3) is 20.8. The summed E-state index contributed by atoms with van der Waals surface area (Å²) in [5, 5.41) is 36.1. The number of aliphatic hydroxyl groups excluding tert-OH is 2. The summed E-state index contributed by atoms with van der Waals surface area (Å²) in [4.78, 5) is 51.8. The zero-order chi connectivity index (χ0) is 64.7. The van der Waals surface area contributed by atoms with Crippen molar-refractivity contribution in [2.24, 2.45) is 11.3 Å². The molecule has 2 aliphatic rings. The predicted octanol–water partition coefficient (Wildman–Crippen LogP) is 9.87. The summed E-state index contributed by atoms with van der Waals surface area (Å²) in [5.74, 6) is -5.33. The van der Waals surface area contributed by atoms with E-state index in [2.05, 4.69) is 17.6 Å². The van der Waals surface area contributed by atoms with E-state index in [1.54, 1.807) is 35.2 Å². The van der Waals surface area contributed by atoms with Gasteiger partial charge >= 0.3 is 12.1 Å². The molecule has 1 fully saturated rings. The van der Waals surface area contributed by atoms with Gasteiger partial charge in [0.05, 0.1) is 107 Å². The minimum Gasteiger partial charge on any atom is -0.475 e. The number of hydrogen-bond donors (Lipinski definition) is 5. The number of nitrogens with one attached hydrogen (secondary N) is 2. The van der Waals surface area contributed by atoms with Crippen molar-refractivity contribution in [3.63, 3.8) is 0 Å². The van der Waals surface area contributed by atoms with Crippen LogP contribution in [0.4, 0.5) is 39.0 Å². The number of rotatable bonds is 33. The van der Waals surface area contributed by atoms with Gasteiger partial charge < -0.3 is 59.4 Å². The van der Waals surface area contributed by atoms with Gasteiger partial charge in [-0.05, 0) is 120 Å². The van der Waals surface area contributed by atoms with Gasteiger partial charge in [-0.3, -0.25) is 14.4 Å². The van der Waals surface area contributed by atoms with Gasteiger partial charge in [-0.25, -0.2) is 22.0 Å². The second-order valence-corrected chi connectivity index (χ2v) is 24.0. The number of alkyl halides is 3. The molecule has 2 heterocycles. The third-order valence-corrected chi connectivity index (χ3v) is 17.7. The monoisotopic (exact) mass is 1270 g/mol. The van der Waals surface area contributed by atoms with Crippen LogP contribution in [0.2, 0.25) is 0 Å². The van der Waals surface area contributed by atoms with Gasteiger partial charge in [-0.15, -0.1) is 0 Å². The first kappa shape index (κ1) is 71.2. The van der Waals surface area contributed by atoms with Crippen LogP contribution >= 0.6 is 0 Å². The summed E-state index contributed by atoms with van der Waals surface area (Å²) in [6.07, 6.45) is -3.24. The minimum absolute atomic E-state index is 0.107. The van der Waals surface area contributed by atoms with E-state index >= 15 is 0 Å². The molecule has 5 aromatic rings. The highest BCUT2D eigenvalue weighted by Crippen LogP contribution is 2.50. The first-order valence-electron chi connectivity index (χ1n) is 29.7. The molecule has 0 spiro atoms. The van der Waals surface area contributed by atoms with Crippen LogP contribution in [0.1, 0.15) is 111 Å². The number of nitrogens with zero attached hydrogens (tertiary/aromatic N) is 2. The van der Waals surface area contributed by atoms with Gasteiger partial charge in [0, 0.05) is 55.5 Å². The standard InChI is InChI=1S/C63H80F2N4O12S.C2HF3O2/c1-5-7-29-63(6-2)43-82(75,76)56-26-23-52(68(3)4)41-54(56)59(61(63)73)47-9-8-10-50(40-47)67-58(72)28-31-78-33-35-80-37-39-81-38-36-79-34-32-77-30-27-57(71)66-42-44-11-13-46(14-12-44)60-53(24-25-55(70)45-15-17-48(64)18-16-45)62(74)69(60)51-21-19-49(65)20-22-51;3-2(4,5)1(6)7/h8-23,26,40-41,53,55,59-61,70,73H,5-7,24-25,27-39,42-43H2,1-4H3,(H,66,71)(H,67,72);(H,6,7). The Morgan fingerprint density at radius 1 is 0.742 bits per heavy atom. The highest BCUT2D eigenvalue weighted by atomic mass is 32.2. The van der Waals surface area contributed by atoms with Crippen LogP contribution < -0.4 is 20.4 Å². The van der Waals surface area contributed by atoms with Crippen molar-refractivity contribution in [3.8, 4) is 0 Å². The number of anilines is 3. The van der Waals surface area contributed by atoms with E-state index in [9.17, 15) is 55.0 Å². The number of benzene rings is 5. The van der Waals surface area contributed by atoms with E-state index in [0.29, 0.717) is 108 Å². The number of fused-ring (bicyclic) bond motifs is 1. The maximum Gasteiger partial charge on any atom is 0.490 e.